The smallest absolute Gasteiger partial charge is 0.318 e. The van der Waals surface area contributed by atoms with Crippen LogP contribution >= 0.6 is 11.3 Å². The van der Waals surface area contributed by atoms with Crippen LogP contribution in [0.25, 0.3) is 0 Å². The van der Waals surface area contributed by atoms with E-state index in [0.717, 1.165) is 0 Å². The number of aryl methyl sites for hydroxylation is 2. The number of nitrogens with one attached hydrogen (secondary N) is 1. The molecule has 1 aliphatic rings. The summed E-state index contributed by atoms with van der Waals surface area (Å²) in [6, 6.07) is 2.09. The zero-order valence-electron chi connectivity index (χ0n) is 13.8. The molecule has 1 aliphatic heterocycles. The second-order valence-electron chi connectivity index (χ2n) is 6.16. The van der Waals surface area contributed by atoms with E-state index in [-0.39, 0.29) is 24.8 Å². The molecule has 0 aromatic carbocycles. The molecule has 1 fully saturated rings. The van der Waals surface area contributed by atoms with Gasteiger partial charge in [0.2, 0.25) is 0 Å². The zero-order valence-corrected chi connectivity index (χ0v) is 14.6. The van der Waals surface area contributed by atoms with Gasteiger partial charge in [-0.05, 0) is 31.4 Å². The van der Waals surface area contributed by atoms with Gasteiger partial charge in [0.25, 0.3) is 0 Å². The Morgan fingerprint density at radius 2 is 2.27 bits per heavy atom. The van der Waals surface area contributed by atoms with Crippen LogP contribution in [0.4, 0.5) is 4.79 Å². The van der Waals surface area contributed by atoms with Crippen molar-refractivity contribution in [3.05, 3.63) is 21.4 Å². The SMILES string of the molecule is Cc1cc([C@@H](NC(=O)N2CCO[C@@H](CO)C2)C(C)C)c(C)s1. The Morgan fingerprint density at radius 1 is 1.55 bits per heavy atom. The van der Waals surface area contributed by atoms with Gasteiger partial charge in [-0.3, -0.25) is 0 Å². The molecule has 0 bridgehead atoms. The molecule has 2 N–H and O–H groups in total. The van der Waals surface area contributed by atoms with Gasteiger partial charge in [0.05, 0.1) is 31.9 Å². The molecule has 5 nitrogen and oxygen atoms in total. The zero-order chi connectivity index (χ0) is 16.3. The summed E-state index contributed by atoms with van der Waals surface area (Å²) in [6.45, 7) is 9.85. The Morgan fingerprint density at radius 3 is 2.82 bits per heavy atom. The largest absolute Gasteiger partial charge is 0.394 e. The van der Waals surface area contributed by atoms with E-state index in [1.54, 1.807) is 16.2 Å². The summed E-state index contributed by atoms with van der Waals surface area (Å²) < 4.78 is 5.40. The highest BCUT2D eigenvalue weighted by atomic mass is 32.1. The van der Waals surface area contributed by atoms with Gasteiger partial charge >= 0.3 is 6.03 Å². The molecule has 22 heavy (non-hydrogen) atoms. The van der Waals surface area contributed by atoms with Crippen molar-refractivity contribution in [2.24, 2.45) is 5.92 Å². The van der Waals surface area contributed by atoms with E-state index in [1.165, 1.54) is 15.3 Å². The first-order chi connectivity index (χ1) is 10.4. The van der Waals surface area contributed by atoms with Gasteiger partial charge in [-0.2, -0.15) is 0 Å². The number of nitrogens with zero attached hydrogens (tertiary/aromatic N) is 1. The summed E-state index contributed by atoms with van der Waals surface area (Å²) in [7, 11) is 0. The number of urea groups is 1. The summed E-state index contributed by atoms with van der Waals surface area (Å²) >= 11 is 1.76. The molecule has 2 heterocycles. The molecule has 6 heteroatoms. The van der Waals surface area contributed by atoms with Crippen LogP contribution in [0.15, 0.2) is 6.07 Å². The number of carbonyl (C=O) groups excluding carboxylic acids is 1. The van der Waals surface area contributed by atoms with Crippen molar-refractivity contribution in [1.82, 2.24) is 10.2 Å². The van der Waals surface area contributed by atoms with Crippen molar-refractivity contribution >= 4 is 17.4 Å². The molecule has 0 radical (unpaired) electrons. The summed E-state index contributed by atoms with van der Waals surface area (Å²) in [5, 5.41) is 12.4. The third-order valence-corrected chi connectivity index (χ3v) is 4.97. The van der Waals surface area contributed by atoms with Crippen molar-refractivity contribution in [1.29, 1.82) is 0 Å². The van der Waals surface area contributed by atoms with Crippen LogP contribution in [0.2, 0.25) is 0 Å². The van der Waals surface area contributed by atoms with E-state index in [2.05, 4.69) is 39.1 Å². The van der Waals surface area contributed by atoms with Gasteiger partial charge in [0, 0.05) is 16.3 Å². The fourth-order valence-corrected chi connectivity index (χ4v) is 3.77. The molecular weight excluding hydrogens is 300 g/mol. The maximum atomic E-state index is 12.5. The lowest BCUT2D eigenvalue weighted by atomic mass is 9.96. The Bertz CT molecular complexity index is 515. The summed E-state index contributed by atoms with van der Waals surface area (Å²) in [4.78, 5) is 16.8. The third-order valence-electron chi connectivity index (χ3n) is 3.99. The first-order valence-electron chi connectivity index (χ1n) is 7.77. The van der Waals surface area contributed by atoms with E-state index >= 15 is 0 Å². The van der Waals surface area contributed by atoms with Crippen molar-refractivity contribution in [3.63, 3.8) is 0 Å². The molecule has 1 saturated heterocycles. The van der Waals surface area contributed by atoms with Crippen LogP contribution < -0.4 is 5.32 Å². The summed E-state index contributed by atoms with van der Waals surface area (Å²) in [6.07, 6.45) is -0.276. The van der Waals surface area contributed by atoms with E-state index in [0.29, 0.717) is 25.6 Å². The van der Waals surface area contributed by atoms with Crippen molar-refractivity contribution < 1.29 is 14.6 Å². The number of thiophene rings is 1. The number of aliphatic hydroxyl groups is 1. The Kier molecular flexibility index (Phi) is 5.83. The summed E-state index contributed by atoms with van der Waals surface area (Å²) in [5.41, 5.74) is 1.21. The minimum absolute atomic E-state index is 0.00729. The maximum Gasteiger partial charge on any atom is 0.318 e. The number of carbonyl (C=O) groups is 1. The Labute approximate surface area is 136 Å². The van der Waals surface area contributed by atoms with E-state index < -0.39 is 0 Å². The topological polar surface area (TPSA) is 61.8 Å². The fourth-order valence-electron chi connectivity index (χ4n) is 2.80. The number of hydrogen-bond acceptors (Lipinski definition) is 4. The van der Waals surface area contributed by atoms with Gasteiger partial charge in [0.15, 0.2) is 0 Å². The van der Waals surface area contributed by atoms with Crippen LogP contribution in [0.1, 0.15) is 35.2 Å². The molecule has 2 atom stereocenters. The van der Waals surface area contributed by atoms with Gasteiger partial charge in [0.1, 0.15) is 0 Å². The normalized spacial score (nSPS) is 20.3. The predicted octanol–water partition coefficient (Wildman–Crippen LogP) is 2.46. The number of morpholine rings is 1. The van der Waals surface area contributed by atoms with E-state index in [1.807, 2.05) is 0 Å². The quantitative estimate of drug-likeness (QED) is 0.893. The second kappa shape index (κ2) is 7.44. The summed E-state index contributed by atoms with van der Waals surface area (Å²) in [5.74, 6) is 0.311. The highest BCUT2D eigenvalue weighted by Gasteiger charge is 2.27. The fraction of sp³-hybridized carbons (Fsp3) is 0.688. The molecule has 0 aliphatic carbocycles. The Balaban J connectivity index is 2.08. The first-order valence-corrected chi connectivity index (χ1v) is 8.58. The van der Waals surface area contributed by atoms with E-state index in [4.69, 9.17) is 4.74 Å². The van der Waals surface area contributed by atoms with Crippen LogP contribution in [0, 0.1) is 19.8 Å². The standard InChI is InChI=1S/C16H26N2O3S/c1-10(2)15(14-7-11(3)22-12(14)4)17-16(20)18-5-6-21-13(8-18)9-19/h7,10,13,15,19H,5-6,8-9H2,1-4H3,(H,17,20)/t13-,15+/m1/s1. The average Bonchev–Trinajstić information content (AvgIpc) is 2.82. The van der Waals surface area contributed by atoms with Gasteiger partial charge in [-0.25, -0.2) is 4.79 Å². The van der Waals surface area contributed by atoms with Gasteiger partial charge in [-0.15, -0.1) is 11.3 Å². The number of rotatable bonds is 4. The molecule has 0 saturated carbocycles. The lowest BCUT2D eigenvalue weighted by Gasteiger charge is -2.34. The van der Waals surface area contributed by atoms with Crippen molar-refractivity contribution in [2.45, 2.75) is 39.8 Å². The number of ether oxygens (including phenoxy) is 1. The first kappa shape index (κ1) is 17.2. The monoisotopic (exact) mass is 326 g/mol. The number of aliphatic hydroxyl groups excluding tert-OH is 1. The lowest BCUT2D eigenvalue weighted by molar-refractivity contribution is -0.0406. The van der Waals surface area contributed by atoms with Crippen LogP contribution in [-0.4, -0.2) is 48.4 Å². The highest BCUT2D eigenvalue weighted by molar-refractivity contribution is 7.12. The highest BCUT2D eigenvalue weighted by Crippen LogP contribution is 2.30. The van der Waals surface area contributed by atoms with Crippen molar-refractivity contribution in [2.75, 3.05) is 26.3 Å². The van der Waals surface area contributed by atoms with Crippen LogP contribution in [0.5, 0.6) is 0 Å². The van der Waals surface area contributed by atoms with Crippen LogP contribution in [0.3, 0.4) is 0 Å². The van der Waals surface area contributed by atoms with Gasteiger partial charge in [-0.1, -0.05) is 13.8 Å². The predicted molar refractivity (Wildman–Crippen MR) is 88.3 cm³/mol. The van der Waals surface area contributed by atoms with Crippen molar-refractivity contribution in [3.8, 4) is 0 Å². The lowest BCUT2D eigenvalue weighted by Crippen LogP contribution is -2.51. The molecule has 0 spiro atoms. The van der Waals surface area contributed by atoms with E-state index in [9.17, 15) is 9.90 Å². The van der Waals surface area contributed by atoms with Gasteiger partial charge < -0.3 is 20.1 Å². The molecule has 1 aromatic heterocycles. The molecule has 124 valence electrons. The minimum atomic E-state index is -0.276. The molecule has 2 rings (SSSR count). The van der Waals surface area contributed by atoms with Crippen LogP contribution in [-0.2, 0) is 4.74 Å². The molecule has 1 aromatic rings. The molecule has 2 amide bonds. The third kappa shape index (κ3) is 4.00. The maximum absolute atomic E-state index is 12.5. The molecular formula is C16H26N2O3S. The number of hydrogen-bond donors (Lipinski definition) is 2. The average molecular weight is 326 g/mol. The Hall–Kier alpha value is -1.11. The number of amides is 2. The minimum Gasteiger partial charge on any atom is -0.394 e. The molecule has 0 unspecified atom stereocenters. The second-order valence-corrected chi connectivity index (χ2v) is 7.62.